The van der Waals surface area contributed by atoms with Crippen molar-refractivity contribution >= 4 is 34.6 Å². The van der Waals surface area contributed by atoms with E-state index in [0.29, 0.717) is 23.3 Å². The SMILES string of the molecule is CCC=Cn1c(N2CCCC(N)C2)nc2ccn(CC3=Nc4ccccc4Oc4ccccc43)c(=O)c21. The zero-order valence-electron chi connectivity index (χ0n) is 20.9. The summed E-state index contributed by atoms with van der Waals surface area (Å²) in [5.74, 6) is 2.18. The molecule has 0 radical (unpaired) electrons. The van der Waals surface area contributed by atoms with Gasteiger partial charge in [0.15, 0.2) is 5.75 Å². The van der Waals surface area contributed by atoms with Crippen molar-refractivity contribution in [2.75, 3.05) is 18.0 Å². The van der Waals surface area contributed by atoms with Gasteiger partial charge in [-0.15, -0.1) is 0 Å². The number of fused-ring (bicyclic) bond motifs is 3. The van der Waals surface area contributed by atoms with E-state index in [2.05, 4.69) is 11.8 Å². The lowest BCUT2D eigenvalue weighted by molar-refractivity contribution is 0.484. The summed E-state index contributed by atoms with van der Waals surface area (Å²) in [6, 6.07) is 17.5. The third kappa shape index (κ3) is 4.34. The van der Waals surface area contributed by atoms with Crippen LogP contribution in [0.5, 0.6) is 11.5 Å². The van der Waals surface area contributed by atoms with Crippen LogP contribution in [0, 0.1) is 0 Å². The number of hydrogen-bond donors (Lipinski definition) is 1. The molecular formula is C29H30N6O2. The molecule has 2 aliphatic heterocycles. The predicted molar refractivity (Wildman–Crippen MR) is 148 cm³/mol. The maximum absolute atomic E-state index is 13.9. The fraction of sp³-hybridized carbons (Fsp3) is 0.276. The Bertz CT molecular complexity index is 1580. The number of allylic oxidation sites excluding steroid dienone is 1. The Balaban J connectivity index is 1.47. The number of aliphatic imine (C=N–C) groups is 1. The number of para-hydroxylation sites is 3. The van der Waals surface area contributed by atoms with Crippen molar-refractivity contribution in [3.05, 3.63) is 82.8 Å². The van der Waals surface area contributed by atoms with Crippen LogP contribution in [0.1, 0.15) is 31.7 Å². The lowest BCUT2D eigenvalue weighted by Gasteiger charge is -2.31. The highest BCUT2D eigenvalue weighted by molar-refractivity contribution is 6.05. The Morgan fingerprint density at radius 3 is 2.76 bits per heavy atom. The van der Waals surface area contributed by atoms with Crippen molar-refractivity contribution in [1.82, 2.24) is 14.1 Å². The molecule has 37 heavy (non-hydrogen) atoms. The minimum atomic E-state index is -0.114. The number of benzene rings is 2. The maximum Gasteiger partial charge on any atom is 0.277 e. The molecule has 2 N–H and O–H groups in total. The fourth-order valence-electron chi connectivity index (χ4n) is 5.06. The largest absolute Gasteiger partial charge is 0.454 e. The van der Waals surface area contributed by atoms with Crippen LogP contribution in [-0.4, -0.2) is 39.0 Å². The van der Waals surface area contributed by atoms with E-state index in [1.54, 1.807) is 10.8 Å². The molecule has 8 heteroatoms. The quantitative estimate of drug-likeness (QED) is 0.425. The van der Waals surface area contributed by atoms with Crippen LogP contribution >= 0.6 is 0 Å². The van der Waals surface area contributed by atoms with Gasteiger partial charge >= 0.3 is 0 Å². The third-order valence-corrected chi connectivity index (χ3v) is 6.88. The first kappa shape index (κ1) is 23.2. The maximum atomic E-state index is 13.9. The van der Waals surface area contributed by atoms with Crippen molar-refractivity contribution in [1.29, 1.82) is 0 Å². The van der Waals surface area contributed by atoms with Crippen molar-refractivity contribution in [3.8, 4) is 11.5 Å². The Labute approximate surface area is 215 Å². The molecule has 1 fully saturated rings. The molecule has 0 aliphatic carbocycles. The molecule has 2 aromatic heterocycles. The zero-order chi connectivity index (χ0) is 25.4. The van der Waals surface area contributed by atoms with Gasteiger partial charge in [0.1, 0.15) is 17.0 Å². The van der Waals surface area contributed by atoms with Gasteiger partial charge in [0.2, 0.25) is 5.95 Å². The molecule has 1 atom stereocenters. The van der Waals surface area contributed by atoms with E-state index in [9.17, 15) is 4.79 Å². The van der Waals surface area contributed by atoms with Crippen molar-refractivity contribution in [3.63, 3.8) is 0 Å². The topological polar surface area (TPSA) is 90.7 Å². The summed E-state index contributed by atoms with van der Waals surface area (Å²) in [6.07, 6.45) is 8.68. The van der Waals surface area contributed by atoms with E-state index in [1.165, 1.54) is 0 Å². The Morgan fingerprint density at radius 2 is 1.92 bits per heavy atom. The van der Waals surface area contributed by atoms with E-state index in [0.717, 1.165) is 61.0 Å². The van der Waals surface area contributed by atoms with Crippen LogP contribution < -0.4 is 20.9 Å². The second kappa shape index (κ2) is 9.71. The van der Waals surface area contributed by atoms with Gasteiger partial charge in [-0.2, -0.15) is 0 Å². The minimum Gasteiger partial charge on any atom is -0.454 e. The summed E-state index contributed by atoms with van der Waals surface area (Å²) in [6.45, 7) is 3.98. The summed E-state index contributed by atoms with van der Waals surface area (Å²) in [5, 5.41) is 0. The average molecular weight is 495 g/mol. The van der Waals surface area contributed by atoms with Crippen LogP contribution in [0.2, 0.25) is 0 Å². The van der Waals surface area contributed by atoms with Crippen molar-refractivity contribution in [2.24, 2.45) is 10.7 Å². The number of hydrogen-bond acceptors (Lipinski definition) is 6. The molecule has 0 amide bonds. The van der Waals surface area contributed by atoms with Crippen LogP contribution in [0.3, 0.4) is 0 Å². The highest BCUT2D eigenvalue weighted by Gasteiger charge is 2.24. The molecule has 4 heterocycles. The predicted octanol–water partition coefficient (Wildman–Crippen LogP) is 4.93. The fourth-order valence-corrected chi connectivity index (χ4v) is 5.06. The van der Waals surface area contributed by atoms with Gasteiger partial charge in [-0.25, -0.2) is 9.98 Å². The van der Waals surface area contributed by atoms with E-state index in [1.807, 2.05) is 71.4 Å². The molecule has 8 nitrogen and oxygen atoms in total. The smallest absolute Gasteiger partial charge is 0.277 e. The monoisotopic (exact) mass is 494 g/mol. The number of ether oxygens (including phenoxy) is 1. The number of piperidine rings is 1. The van der Waals surface area contributed by atoms with Crippen LogP contribution in [0.25, 0.3) is 17.2 Å². The lowest BCUT2D eigenvalue weighted by atomic mass is 10.1. The number of pyridine rings is 1. The molecule has 6 rings (SSSR count). The van der Waals surface area contributed by atoms with Gasteiger partial charge < -0.3 is 19.9 Å². The first-order valence-electron chi connectivity index (χ1n) is 12.8. The highest BCUT2D eigenvalue weighted by Crippen LogP contribution is 2.37. The van der Waals surface area contributed by atoms with Gasteiger partial charge in [0.05, 0.1) is 17.8 Å². The molecule has 1 unspecified atom stereocenters. The van der Waals surface area contributed by atoms with Crippen LogP contribution in [0.4, 0.5) is 11.6 Å². The Hall–Kier alpha value is -4.17. The molecular weight excluding hydrogens is 464 g/mol. The molecule has 1 saturated heterocycles. The molecule has 0 saturated carbocycles. The minimum absolute atomic E-state index is 0.104. The number of anilines is 1. The van der Waals surface area contributed by atoms with E-state index in [-0.39, 0.29) is 11.6 Å². The number of nitrogens with zero attached hydrogens (tertiary/aromatic N) is 5. The van der Waals surface area contributed by atoms with Crippen molar-refractivity contribution in [2.45, 2.75) is 38.8 Å². The number of imidazole rings is 1. The Morgan fingerprint density at radius 1 is 1.11 bits per heavy atom. The second-order valence-electron chi connectivity index (χ2n) is 9.53. The summed E-state index contributed by atoms with van der Waals surface area (Å²) in [5.41, 5.74) is 9.75. The summed E-state index contributed by atoms with van der Waals surface area (Å²) in [7, 11) is 0. The lowest BCUT2D eigenvalue weighted by Crippen LogP contribution is -2.43. The van der Waals surface area contributed by atoms with E-state index < -0.39 is 0 Å². The second-order valence-corrected chi connectivity index (χ2v) is 9.53. The standard InChI is InChI=1S/C29H30N6O2/c1-2-3-16-35-27-23(32-29(35)34-15-8-9-20(30)18-34)14-17-33(28(27)36)19-24-21-10-4-6-12-25(21)37-26-13-7-5-11-22(26)31-24/h3-7,10-14,16-17,20H,2,8-9,15,18-19,30H2,1H3. The van der Waals surface area contributed by atoms with E-state index >= 15 is 0 Å². The van der Waals surface area contributed by atoms with Crippen LogP contribution in [0.15, 0.2) is 76.7 Å². The van der Waals surface area contributed by atoms with Gasteiger partial charge in [-0.1, -0.05) is 37.3 Å². The normalized spacial score (nSPS) is 17.3. The summed E-state index contributed by atoms with van der Waals surface area (Å²) in [4.78, 5) is 25.9. The van der Waals surface area contributed by atoms with E-state index in [4.69, 9.17) is 20.4 Å². The Kier molecular flexibility index (Phi) is 6.10. The van der Waals surface area contributed by atoms with Gasteiger partial charge in [0.25, 0.3) is 5.56 Å². The van der Waals surface area contributed by atoms with Crippen molar-refractivity contribution < 1.29 is 4.74 Å². The van der Waals surface area contributed by atoms with Gasteiger partial charge in [0, 0.05) is 37.1 Å². The molecule has 0 bridgehead atoms. The first-order chi connectivity index (χ1) is 18.1. The average Bonchev–Trinajstić information content (AvgIpc) is 3.21. The number of nitrogens with two attached hydrogens (primary N) is 1. The summed E-state index contributed by atoms with van der Waals surface area (Å²) < 4.78 is 9.80. The first-order valence-corrected chi connectivity index (χ1v) is 12.8. The molecule has 4 aromatic rings. The highest BCUT2D eigenvalue weighted by atomic mass is 16.5. The van der Waals surface area contributed by atoms with Crippen LogP contribution in [-0.2, 0) is 6.54 Å². The zero-order valence-corrected chi connectivity index (χ0v) is 20.9. The number of rotatable bonds is 5. The molecule has 2 aliphatic rings. The van der Waals surface area contributed by atoms with Gasteiger partial charge in [-0.05, 0) is 49.6 Å². The van der Waals surface area contributed by atoms with Gasteiger partial charge in [-0.3, -0.25) is 9.36 Å². The molecule has 188 valence electrons. The summed E-state index contributed by atoms with van der Waals surface area (Å²) >= 11 is 0. The third-order valence-electron chi connectivity index (χ3n) is 6.88. The number of aromatic nitrogens is 3. The molecule has 2 aromatic carbocycles. The molecule has 0 spiro atoms.